The summed E-state index contributed by atoms with van der Waals surface area (Å²) in [6.07, 6.45) is 1.42. The summed E-state index contributed by atoms with van der Waals surface area (Å²) in [6, 6.07) is 8.54. The third kappa shape index (κ3) is 4.22. The highest BCUT2D eigenvalue weighted by Crippen LogP contribution is 2.18. The van der Waals surface area contributed by atoms with E-state index >= 15 is 0 Å². The number of carbonyl (C=O) groups is 2. The maximum atomic E-state index is 12.3. The second kappa shape index (κ2) is 7.13. The molecule has 2 aromatic rings. The fourth-order valence-corrected chi connectivity index (χ4v) is 2.38. The summed E-state index contributed by atoms with van der Waals surface area (Å²) >= 11 is 0. The van der Waals surface area contributed by atoms with Crippen molar-refractivity contribution in [1.82, 2.24) is 10.6 Å². The zero-order chi connectivity index (χ0) is 17.0. The molecule has 0 radical (unpaired) electrons. The first kappa shape index (κ1) is 16.8. The molecule has 5 heteroatoms. The molecule has 0 aliphatic heterocycles. The fourth-order valence-electron chi connectivity index (χ4n) is 2.38. The van der Waals surface area contributed by atoms with Crippen LogP contribution in [0.2, 0.25) is 0 Å². The molecular weight excluding hydrogens is 292 g/mol. The maximum Gasteiger partial charge on any atom is 0.287 e. The van der Waals surface area contributed by atoms with E-state index in [4.69, 9.17) is 4.42 Å². The summed E-state index contributed by atoms with van der Waals surface area (Å²) in [7, 11) is 0. The molecule has 1 aromatic heterocycles. The van der Waals surface area contributed by atoms with Gasteiger partial charge in [0.1, 0.15) is 6.04 Å². The molecular formula is C18H22N2O3. The second-order valence-electron chi connectivity index (χ2n) is 5.76. The molecule has 0 saturated carbocycles. The van der Waals surface area contributed by atoms with Crippen LogP contribution in [-0.4, -0.2) is 17.9 Å². The van der Waals surface area contributed by atoms with E-state index < -0.39 is 11.9 Å². The van der Waals surface area contributed by atoms with Gasteiger partial charge < -0.3 is 15.1 Å². The van der Waals surface area contributed by atoms with Gasteiger partial charge in [-0.3, -0.25) is 9.59 Å². The van der Waals surface area contributed by atoms with Crippen molar-refractivity contribution in [2.75, 3.05) is 0 Å². The van der Waals surface area contributed by atoms with Gasteiger partial charge in [-0.1, -0.05) is 23.8 Å². The minimum Gasteiger partial charge on any atom is -0.459 e. The molecule has 0 bridgehead atoms. The molecule has 0 fully saturated rings. The minimum atomic E-state index is -0.653. The van der Waals surface area contributed by atoms with Gasteiger partial charge in [-0.15, -0.1) is 0 Å². The molecule has 2 rings (SSSR count). The zero-order valence-electron chi connectivity index (χ0n) is 13.8. The quantitative estimate of drug-likeness (QED) is 0.891. The van der Waals surface area contributed by atoms with Crippen LogP contribution in [0.25, 0.3) is 0 Å². The predicted molar refractivity (Wildman–Crippen MR) is 88.1 cm³/mol. The van der Waals surface area contributed by atoms with Crippen LogP contribution < -0.4 is 10.6 Å². The Bertz CT molecular complexity index is 692. The Labute approximate surface area is 136 Å². The van der Waals surface area contributed by atoms with Gasteiger partial charge in [0.15, 0.2) is 5.76 Å². The van der Waals surface area contributed by atoms with Crippen molar-refractivity contribution in [3.05, 3.63) is 59.0 Å². The fraction of sp³-hybridized carbons (Fsp3) is 0.333. The van der Waals surface area contributed by atoms with Gasteiger partial charge in [0.25, 0.3) is 5.91 Å². The van der Waals surface area contributed by atoms with E-state index in [-0.39, 0.29) is 17.7 Å². The van der Waals surface area contributed by atoms with E-state index in [1.807, 2.05) is 32.9 Å². The van der Waals surface area contributed by atoms with Crippen molar-refractivity contribution >= 4 is 11.8 Å². The number of hydrogen-bond acceptors (Lipinski definition) is 3. The van der Waals surface area contributed by atoms with E-state index in [1.165, 1.54) is 6.26 Å². The van der Waals surface area contributed by atoms with Crippen LogP contribution in [0.15, 0.2) is 41.0 Å². The van der Waals surface area contributed by atoms with Crippen LogP contribution in [0.4, 0.5) is 0 Å². The first-order valence-corrected chi connectivity index (χ1v) is 7.60. The lowest BCUT2D eigenvalue weighted by molar-refractivity contribution is -0.123. The first-order chi connectivity index (χ1) is 10.9. The molecule has 0 spiro atoms. The van der Waals surface area contributed by atoms with E-state index in [2.05, 4.69) is 16.7 Å². The van der Waals surface area contributed by atoms with E-state index in [0.29, 0.717) is 0 Å². The maximum absolute atomic E-state index is 12.3. The van der Waals surface area contributed by atoms with Crippen LogP contribution in [0.3, 0.4) is 0 Å². The Morgan fingerprint density at radius 1 is 1.09 bits per heavy atom. The van der Waals surface area contributed by atoms with Crippen molar-refractivity contribution in [2.24, 2.45) is 0 Å². The summed E-state index contributed by atoms with van der Waals surface area (Å²) in [6.45, 7) is 7.61. The predicted octanol–water partition coefficient (Wildman–Crippen LogP) is 2.89. The lowest BCUT2D eigenvalue weighted by Crippen LogP contribution is -2.45. The first-order valence-electron chi connectivity index (χ1n) is 7.60. The van der Waals surface area contributed by atoms with E-state index in [0.717, 1.165) is 16.7 Å². The van der Waals surface area contributed by atoms with Crippen molar-refractivity contribution < 1.29 is 14.0 Å². The van der Waals surface area contributed by atoms with Gasteiger partial charge in [0.2, 0.25) is 5.91 Å². The number of nitrogens with one attached hydrogen (secondary N) is 2. The topological polar surface area (TPSA) is 71.3 Å². The lowest BCUT2D eigenvalue weighted by Gasteiger charge is -2.20. The number of carbonyl (C=O) groups excluding carboxylic acids is 2. The largest absolute Gasteiger partial charge is 0.459 e. The molecule has 1 heterocycles. The molecule has 5 nitrogen and oxygen atoms in total. The number of hydrogen-bond donors (Lipinski definition) is 2. The number of benzene rings is 1. The highest BCUT2D eigenvalue weighted by atomic mass is 16.3. The van der Waals surface area contributed by atoms with Gasteiger partial charge >= 0.3 is 0 Å². The van der Waals surface area contributed by atoms with Crippen molar-refractivity contribution in [1.29, 1.82) is 0 Å². The van der Waals surface area contributed by atoms with Crippen molar-refractivity contribution in [2.45, 2.75) is 39.8 Å². The summed E-state index contributed by atoms with van der Waals surface area (Å²) < 4.78 is 5.01. The Morgan fingerprint density at radius 3 is 2.48 bits per heavy atom. The van der Waals surface area contributed by atoms with E-state index in [1.54, 1.807) is 19.1 Å². The van der Waals surface area contributed by atoms with Crippen LogP contribution in [0, 0.1) is 13.8 Å². The Morgan fingerprint density at radius 2 is 1.83 bits per heavy atom. The van der Waals surface area contributed by atoms with Crippen LogP contribution in [-0.2, 0) is 4.79 Å². The average Bonchev–Trinajstić information content (AvgIpc) is 3.03. The zero-order valence-corrected chi connectivity index (χ0v) is 13.8. The number of amides is 2. The van der Waals surface area contributed by atoms with Gasteiger partial charge in [-0.05, 0) is 51.0 Å². The van der Waals surface area contributed by atoms with Crippen LogP contribution >= 0.6 is 0 Å². The normalized spacial score (nSPS) is 13.2. The molecule has 0 aliphatic carbocycles. The van der Waals surface area contributed by atoms with Gasteiger partial charge in [-0.25, -0.2) is 0 Å². The molecule has 0 unspecified atom stereocenters. The molecule has 2 N–H and O–H groups in total. The highest BCUT2D eigenvalue weighted by Gasteiger charge is 2.20. The molecule has 122 valence electrons. The average molecular weight is 314 g/mol. The Hall–Kier alpha value is -2.56. The summed E-state index contributed by atoms with van der Waals surface area (Å²) in [5, 5.41) is 5.55. The molecule has 23 heavy (non-hydrogen) atoms. The van der Waals surface area contributed by atoms with Crippen molar-refractivity contribution in [3.8, 4) is 0 Å². The van der Waals surface area contributed by atoms with Crippen molar-refractivity contribution in [3.63, 3.8) is 0 Å². The van der Waals surface area contributed by atoms with Gasteiger partial charge in [0.05, 0.1) is 12.3 Å². The molecule has 2 amide bonds. The smallest absolute Gasteiger partial charge is 0.287 e. The summed E-state index contributed by atoms with van der Waals surface area (Å²) in [5.74, 6) is -0.456. The SMILES string of the molecule is Cc1ccc(C)c([C@H](C)NC(=O)[C@@H](C)NC(=O)c2ccco2)c1. The van der Waals surface area contributed by atoms with E-state index in [9.17, 15) is 9.59 Å². The molecule has 2 atom stereocenters. The standard InChI is InChI=1S/C18H22N2O3/c1-11-7-8-12(2)15(10-11)13(3)19-17(21)14(4)20-18(22)16-6-5-9-23-16/h5-10,13-14H,1-4H3,(H,19,21)(H,20,22)/t13-,14+/m0/s1. The minimum absolute atomic E-state index is 0.134. The summed E-state index contributed by atoms with van der Waals surface area (Å²) in [5.41, 5.74) is 3.34. The van der Waals surface area contributed by atoms with Gasteiger partial charge in [-0.2, -0.15) is 0 Å². The second-order valence-corrected chi connectivity index (χ2v) is 5.76. The third-order valence-corrected chi connectivity index (χ3v) is 3.75. The Kier molecular flexibility index (Phi) is 5.21. The van der Waals surface area contributed by atoms with Gasteiger partial charge in [0, 0.05) is 0 Å². The Balaban J connectivity index is 1.97. The van der Waals surface area contributed by atoms with Crippen LogP contribution in [0.5, 0.6) is 0 Å². The number of rotatable bonds is 5. The summed E-state index contributed by atoms with van der Waals surface area (Å²) in [4.78, 5) is 24.2. The molecule has 1 aromatic carbocycles. The number of furan rings is 1. The lowest BCUT2D eigenvalue weighted by atomic mass is 10.00. The monoisotopic (exact) mass is 314 g/mol. The number of aryl methyl sites for hydroxylation is 2. The molecule has 0 aliphatic rings. The highest BCUT2D eigenvalue weighted by molar-refractivity contribution is 5.95. The molecule has 0 saturated heterocycles. The van der Waals surface area contributed by atoms with Crippen LogP contribution in [0.1, 0.15) is 47.1 Å². The third-order valence-electron chi connectivity index (χ3n) is 3.75.